The van der Waals surface area contributed by atoms with Gasteiger partial charge in [-0.3, -0.25) is 4.79 Å². The monoisotopic (exact) mass is 342 g/mol. The molecule has 0 spiro atoms. The van der Waals surface area contributed by atoms with Crippen molar-refractivity contribution in [1.29, 1.82) is 0 Å². The lowest BCUT2D eigenvalue weighted by Gasteiger charge is -2.12. The summed E-state index contributed by atoms with van der Waals surface area (Å²) in [6.45, 7) is 2.27. The highest BCUT2D eigenvalue weighted by Crippen LogP contribution is 2.14. The maximum absolute atomic E-state index is 10.6. The first kappa shape index (κ1) is 23.4. The molecule has 4 nitrogen and oxygen atoms in total. The van der Waals surface area contributed by atoms with Gasteiger partial charge in [0.15, 0.2) is 0 Å². The maximum Gasteiger partial charge on any atom is 0.320 e. The van der Waals surface area contributed by atoms with Crippen LogP contribution < -0.4 is 11.5 Å². The Balaban J connectivity index is 3.22. The summed E-state index contributed by atoms with van der Waals surface area (Å²) in [6, 6.07) is -0.530. The molecule has 0 rings (SSSR count). The summed E-state index contributed by atoms with van der Waals surface area (Å²) in [5.74, 6) is -0.912. The number of carboxylic acid groups (broad SMARTS) is 1. The predicted octanol–water partition coefficient (Wildman–Crippen LogP) is 4.99. The van der Waals surface area contributed by atoms with Crippen molar-refractivity contribution in [3.05, 3.63) is 0 Å². The molecule has 0 aliphatic carbocycles. The minimum Gasteiger partial charge on any atom is -0.480 e. The molecule has 0 heterocycles. The third kappa shape index (κ3) is 16.3. The fraction of sp³-hybridized carbons (Fsp3) is 0.950. The van der Waals surface area contributed by atoms with Crippen LogP contribution in [0.5, 0.6) is 0 Å². The second-order valence-corrected chi connectivity index (χ2v) is 7.31. The molecule has 2 atom stereocenters. The smallest absolute Gasteiger partial charge is 0.320 e. The second-order valence-electron chi connectivity index (χ2n) is 7.31. The van der Waals surface area contributed by atoms with Crippen LogP contribution in [0.15, 0.2) is 0 Å². The molecular weight excluding hydrogens is 300 g/mol. The van der Waals surface area contributed by atoms with E-state index in [1.54, 1.807) is 0 Å². The van der Waals surface area contributed by atoms with E-state index < -0.39 is 12.0 Å². The van der Waals surface area contributed by atoms with Crippen molar-refractivity contribution in [2.75, 3.05) is 0 Å². The van der Waals surface area contributed by atoms with Crippen LogP contribution >= 0.6 is 0 Å². The molecule has 5 N–H and O–H groups in total. The first-order valence-corrected chi connectivity index (χ1v) is 10.3. The molecule has 0 saturated carbocycles. The molecule has 0 aromatic carbocycles. The van der Waals surface area contributed by atoms with Crippen molar-refractivity contribution in [3.8, 4) is 0 Å². The highest BCUT2D eigenvalue weighted by molar-refractivity contribution is 5.72. The quantitative estimate of drug-likeness (QED) is 0.306. The van der Waals surface area contributed by atoms with E-state index in [-0.39, 0.29) is 6.04 Å². The zero-order valence-electron chi connectivity index (χ0n) is 16.0. The van der Waals surface area contributed by atoms with Gasteiger partial charge < -0.3 is 16.6 Å². The Bertz CT molecular complexity index is 285. The minimum atomic E-state index is -0.912. The number of hydrogen-bond donors (Lipinski definition) is 3. The summed E-state index contributed by atoms with van der Waals surface area (Å²) in [6.07, 6.45) is 19.6. The molecule has 0 aromatic heterocycles. The lowest BCUT2D eigenvalue weighted by Crippen LogP contribution is -2.30. The molecule has 0 radical (unpaired) electrons. The standard InChI is InChI=1S/C20H42N2O2/c1-2-3-4-5-6-7-8-9-10-11-12-13-15-18(21)16-14-17-19(22)20(23)24/h18-19H,2-17,21-22H2,1H3,(H,23,24). The summed E-state index contributed by atoms with van der Waals surface area (Å²) in [7, 11) is 0. The zero-order chi connectivity index (χ0) is 18.0. The molecule has 2 unspecified atom stereocenters. The predicted molar refractivity (Wildman–Crippen MR) is 103 cm³/mol. The Morgan fingerprint density at radius 3 is 1.58 bits per heavy atom. The van der Waals surface area contributed by atoms with Gasteiger partial charge in [-0.25, -0.2) is 0 Å². The van der Waals surface area contributed by atoms with Crippen molar-refractivity contribution in [1.82, 2.24) is 0 Å². The van der Waals surface area contributed by atoms with Gasteiger partial charge in [0.25, 0.3) is 0 Å². The minimum absolute atomic E-state index is 0.203. The van der Waals surface area contributed by atoms with Crippen molar-refractivity contribution in [2.24, 2.45) is 11.5 Å². The molecule has 4 heteroatoms. The van der Waals surface area contributed by atoms with Gasteiger partial charge in [0, 0.05) is 6.04 Å². The van der Waals surface area contributed by atoms with Crippen LogP contribution in [-0.4, -0.2) is 23.2 Å². The third-order valence-electron chi connectivity index (χ3n) is 4.84. The van der Waals surface area contributed by atoms with E-state index in [1.807, 2.05) is 0 Å². The van der Waals surface area contributed by atoms with Gasteiger partial charge in [0.1, 0.15) is 6.04 Å². The Hall–Kier alpha value is -0.610. The Labute approximate surface area is 149 Å². The summed E-state index contributed by atoms with van der Waals surface area (Å²) in [5, 5.41) is 8.72. The van der Waals surface area contributed by atoms with Crippen LogP contribution in [-0.2, 0) is 4.79 Å². The van der Waals surface area contributed by atoms with Gasteiger partial charge in [0.2, 0.25) is 0 Å². The van der Waals surface area contributed by atoms with Crippen LogP contribution in [0.1, 0.15) is 110 Å². The summed E-state index contributed by atoms with van der Waals surface area (Å²) in [4.78, 5) is 10.6. The van der Waals surface area contributed by atoms with Crippen molar-refractivity contribution in [2.45, 2.75) is 122 Å². The van der Waals surface area contributed by atoms with Gasteiger partial charge in [-0.15, -0.1) is 0 Å². The zero-order valence-corrected chi connectivity index (χ0v) is 16.0. The molecule has 144 valence electrons. The number of carboxylic acids is 1. The molecule has 0 aliphatic rings. The fourth-order valence-corrected chi connectivity index (χ4v) is 3.12. The number of hydrogen-bond acceptors (Lipinski definition) is 3. The fourth-order valence-electron chi connectivity index (χ4n) is 3.12. The van der Waals surface area contributed by atoms with E-state index >= 15 is 0 Å². The molecule has 0 saturated heterocycles. The SMILES string of the molecule is CCCCCCCCCCCCCCC(N)CCCC(N)C(=O)O. The Morgan fingerprint density at radius 2 is 1.12 bits per heavy atom. The van der Waals surface area contributed by atoms with E-state index in [0.717, 1.165) is 19.3 Å². The van der Waals surface area contributed by atoms with Gasteiger partial charge >= 0.3 is 5.97 Å². The highest BCUT2D eigenvalue weighted by Gasteiger charge is 2.11. The van der Waals surface area contributed by atoms with Crippen LogP contribution in [0.3, 0.4) is 0 Å². The number of rotatable bonds is 18. The lowest BCUT2D eigenvalue weighted by molar-refractivity contribution is -0.138. The maximum atomic E-state index is 10.6. The largest absolute Gasteiger partial charge is 0.480 e. The first-order chi connectivity index (χ1) is 11.6. The molecule has 0 aromatic rings. The van der Waals surface area contributed by atoms with Crippen LogP contribution in [0, 0.1) is 0 Å². The van der Waals surface area contributed by atoms with Crippen molar-refractivity contribution < 1.29 is 9.90 Å². The number of aliphatic carboxylic acids is 1. The van der Waals surface area contributed by atoms with E-state index in [1.165, 1.54) is 77.0 Å². The molecule has 0 amide bonds. The normalized spacial score (nSPS) is 13.8. The number of carbonyl (C=O) groups is 1. The van der Waals surface area contributed by atoms with Crippen LogP contribution in [0.4, 0.5) is 0 Å². The van der Waals surface area contributed by atoms with Gasteiger partial charge in [-0.1, -0.05) is 84.0 Å². The van der Waals surface area contributed by atoms with E-state index in [4.69, 9.17) is 16.6 Å². The topological polar surface area (TPSA) is 89.3 Å². The number of nitrogens with two attached hydrogens (primary N) is 2. The summed E-state index contributed by atoms with van der Waals surface area (Å²) >= 11 is 0. The van der Waals surface area contributed by atoms with Crippen molar-refractivity contribution >= 4 is 5.97 Å². The summed E-state index contributed by atoms with van der Waals surface area (Å²) < 4.78 is 0. The Morgan fingerprint density at radius 1 is 0.708 bits per heavy atom. The molecular formula is C20H42N2O2. The van der Waals surface area contributed by atoms with Crippen molar-refractivity contribution in [3.63, 3.8) is 0 Å². The third-order valence-corrected chi connectivity index (χ3v) is 4.84. The van der Waals surface area contributed by atoms with Gasteiger partial charge in [-0.05, 0) is 25.7 Å². The van der Waals surface area contributed by atoms with Crippen LogP contribution in [0.2, 0.25) is 0 Å². The summed E-state index contributed by atoms with van der Waals surface area (Å²) in [5.41, 5.74) is 11.6. The van der Waals surface area contributed by atoms with Gasteiger partial charge in [-0.2, -0.15) is 0 Å². The molecule has 0 bridgehead atoms. The van der Waals surface area contributed by atoms with Crippen LogP contribution in [0.25, 0.3) is 0 Å². The van der Waals surface area contributed by atoms with E-state index in [9.17, 15) is 4.79 Å². The average molecular weight is 343 g/mol. The lowest BCUT2D eigenvalue weighted by atomic mass is 10.0. The molecule has 24 heavy (non-hydrogen) atoms. The second kappa shape index (κ2) is 17.2. The average Bonchev–Trinajstić information content (AvgIpc) is 2.55. The Kier molecular flexibility index (Phi) is 16.8. The highest BCUT2D eigenvalue weighted by atomic mass is 16.4. The number of unbranched alkanes of at least 4 members (excludes halogenated alkanes) is 11. The molecule has 0 aliphatic heterocycles. The van der Waals surface area contributed by atoms with E-state index in [0.29, 0.717) is 6.42 Å². The first-order valence-electron chi connectivity index (χ1n) is 10.3. The molecule has 0 fully saturated rings. The van der Waals surface area contributed by atoms with Gasteiger partial charge in [0.05, 0.1) is 0 Å². The van der Waals surface area contributed by atoms with E-state index in [2.05, 4.69) is 6.92 Å².